The number of anilines is 1. The Morgan fingerprint density at radius 2 is 1.85 bits per heavy atom. The van der Waals surface area contributed by atoms with Gasteiger partial charge in [-0.2, -0.15) is 0 Å². The fraction of sp³-hybridized carbons (Fsp3) is 0.375. The molecule has 3 amide bonds. The molecular weight excluding hydrogens is 440 g/mol. The van der Waals surface area contributed by atoms with Gasteiger partial charge >= 0.3 is 0 Å². The van der Waals surface area contributed by atoms with E-state index in [1.165, 1.54) is 11.8 Å². The second-order valence-corrected chi connectivity index (χ2v) is 8.69. The van der Waals surface area contributed by atoms with Crippen LogP contribution in [0.15, 0.2) is 54.6 Å². The largest absolute Gasteiger partial charge is 0.492 e. The van der Waals surface area contributed by atoms with Gasteiger partial charge in [-0.1, -0.05) is 42.5 Å². The number of rotatable bonds is 11. The number of ether oxygens (including phenoxy) is 1. The topological polar surface area (TPSA) is 109 Å². The lowest BCUT2D eigenvalue weighted by molar-refractivity contribution is -0.125. The highest BCUT2D eigenvalue weighted by molar-refractivity contribution is 8.00. The van der Waals surface area contributed by atoms with E-state index in [4.69, 9.17) is 4.74 Å². The van der Waals surface area contributed by atoms with Crippen LogP contribution >= 0.6 is 11.8 Å². The molecule has 9 heteroatoms. The molecule has 176 valence electrons. The van der Waals surface area contributed by atoms with Crippen LogP contribution in [0.4, 0.5) is 5.69 Å². The van der Waals surface area contributed by atoms with E-state index in [0.29, 0.717) is 24.6 Å². The summed E-state index contributed by atoms with van der Waals surface area (Å²) in [6.07, 6.45) is 1.18. The van der Waals surface area contributed by atoms with Crippen LogP contribution in [-0.2, 0) is 20.8 Å². The highest BCUT2D eigenvalue weighted by Crippen LogP contribution is 2.24. The molecule has 1 aliphatic rings. The van der Waals surface area contributed by atoms with E-state index >= 15 is 0 Å². The van der Waals surface area contributed by atoms with Crippen LogP contribution < -0.4 is 26.0 Å². The van der Waals surface area contributed by atoms with Crippen molar-refractivity contribution in [1.82, 2.24) is 16.0 Å². The Morgan fingerprint density at radius 3 is 2.64 bits per heavy atom. The fourth-order valence-electron chi connectivity index (χ4n) is 3.45. The van der Waals surface area contributed by atoms with Gasteiger partial charge in [-0.05, 0) is 31.0 Å². The van der Waals surface area contributed by atoms with E-state index < -0.39 is 5.50 Å². The summed E-state index contributed by atoms with van der Waals surface area (Å²) in [6, 6.07) is 16.9. The molecule has 1 heterocycles. The number of carbonyl (C=O) groups excluding carboxylic acids is 3. The molecule has 1 saturated heterocycles. The lowest BCUT2D eigenvalue weighted by atomic mass is 10.1. The van der Waals surface area contributed by atoms with E-state index in [1.807, 2.05) is 49.4 Å². The Labute approximate surface area is 198 Å². The first-order chi connectivity index (χ1) is 16.0. The van der Waals surface area contributed by atoms with Gasteiger partial charge < -0.3 is 20.7 Å². The smallest absolute Gasteiger partial charge is 0.234 e. The third-order valence-corrected chi connectivity index (χ3v) is 5.98. The highest BCUT2D eigenvalue weighted by Gasteiger charge is 2.28. The summed E-state index contributed by atoms with van der Waals surface area (Å²) in [5.74, 6) is 0.293. The third kappa shape index (κ3) is 8.43. The molecular formula is C24H30N4O4S. The van der Waals surface area contributed by atoms with Crippen molar-refractivity contribution in [1.29, 1.82) is 0 Å². The molecule has 3 rings (SSSR count). The molecule has 1 fully saturated rings. The Hall–Kier alpha value is -3.04. The van der Waals surface area contributed by atoms with E-state index in [9.17, 15) is 14.4 Å². The van der Waals surface area contributed by atoms with Crippen LogP contribution in [0.5, 0.6) is 5.75 Å². The molecule has 1 aliphatic heterocycles. The minimum Gasteiger partial charge on any atom is -0.492 e. The number of amides is 3. The third-order valence-electron chi connectivity index (χ3n) is 4.96. The van der Waals surface area contributed by atoms with Crippen molar-refractivity contribution < 1.29 is 19.1 Å². The summed E-state index contributed by atoms with van der Waals surface area (Å²) < 4.78 is 5.52. The summed E-state index contributed by atoms with van der Waals surface area (Å²) >= 11 is 1.27. The molecule has 0 radical (unpaired) electrons. The van der Waals surface area contributed by atoms with Crippen LogP contribution in [-0.4, -0.2) is 48.2 Å². The van der Waals surface area contributed by atoms with Crippen molar-refractivity contribution in [3.63, 3.8) is 0 Å². The van der Waals surface area contributed by atoms with E-state index in [2.05, 4.69) is 21.3 Å². The number of hydrogen-bond donors (Lipinski definition) is 4. The minimum atomic E-state index is -0.443. The molecule has 0 bridgehead atoms. The van der Waals surface area contributed by atoms with Gasteiger partial charge in [0.05, 0.1) is 18.0 Å². The maximum absolute atomic E-state index is 12.4. The van der Waals surface area contributed by atoms with Gasteiger partial charge in [0.2, 0.25) is 17.7 Å². The van der Waals surface area contributed by atoms with Crippen LogP contribution in [0, 0.1) is 0 Å². The molecule has 2 unspecified atom stereocenters. The molecule has 33 heavy (non-hydrogen) atoms. The van der Waals surface area contributed by atoms with E-state index in [-0.39, 0.29) is 42.4 Å². The first kappa shape index (κ1) is 24.6. The zero-order valence-electron chi connectivity index (χ0n) is 18.6. The second kappa shape index (κ2) is 12.9. The zero-order chi connectivity index (χ0) is 23.5. The highest BCUT2D eigenvalue weighted by atomic mass is 32.2. The second-order valence-electron chi connectivity index (χ2n) is 7.59. The molecule has 2 aromatic carbocycles. The monoisotopic (exact) mass is 470 g/mol. The minimum absolute atomic E-state index is 0.104. The fourth-order valence-corrected chi connectivity index (χ4v) is 4.34. The molecule has 0 spiro atoms. The van der Waals surface area contributed by atoms with Crippen LogP contribution in [0.25, 0.3) is 0 Å². The quantitative estimate of drug-likeness (QED) is 0.401. The van der Waals surface area contributed by atoms with Gasteiger partial charge in [-0.15, -0.1) is 11.8 Å². The van der Waals surface area contributed by atoms with Gasteiger partial charge in [-0.3, -0.25) is 19.7 Å². The van der Waals surface area contributed by atoms with Gasteiger partial charge in [0.1, 0.15) is 11.2 Å². The van der Waals surface area contributed by atoms with Crippen molar-refractivity contribution in [3.05, 3.63) is 60.2 Å². The number of hydrogen-bond acceptors (Lipinski definition) is 6. The number of thioether (sulfide) groups is 1. The van der Waals surface area contributed by atoms with Gasteiger partial charge in [0.15, 0.2) is 0 Å². The Morgan fingerprint density at radius 1 is 1.09 bits per heavy atom. The number of para-hydroxylation sites is 2. The Bertz CT molecular complexity index is 941. The lowest BCUT2D eigenvalue weighted by Gasteiger charge is -2.30. The number of benzene rings is 2. The molecule has 2 aromatic rings. The SMILES string of the molecule is CCOc1ccccc1NC(=O)CSC1NC(=O)CC(CC(=O)NCCc2ccccc2)N1. The number of nitrogens with one attached hydrogen (secondary N) is 4. The maximum Gasteiger partial charge on any atom is 0.234 e. The average molecular weight is 471 g/mol. The molecule has 2 atom stereocenters. The normalized spacial score (nSPS) is 17.7. The summed E-state index contributed by atoms with van der Waals surface area (Å²) in [4.78, 5) is 36.8. The molecule has 0 aliphatic carbocycles. The molecule has 0 aromatic heterocycles. The van der Waals surface area contributed by atoms with E-state index in [0.717, 1.165) is 12.0 Å². The van der Waals surface area contributed by atoms with Crippen LogP contribution in [0.3, 0.4) is 0 Å². The first-order valence-corrected chi connectivity index (χ1v) is 12.1. The molecule has 8 nitrogen and oxygen atoms in total. The number of carbonyl (C=O) groups is 3. The molecule has 0 saturated carbocycles. The van der Waals surface area contributed by atoms with Gasteiger partial charge in [0, 0.05) is 25.4 Å². The van der Waals surface area contributed by atoms with Crippen molar-refractivity contribution in [2.24, 2.45) is 0 Å². The summed E-state index contributed by atoms with van der Waals surface area (Å²) in [6.45, 7) is 2.93. The van der Waals surface area contributed by atoms with Gasteiger partial charge in [0.25, 0.3) is 0 Å². The maximum atomic E-state index is 12.4. The van der Waals surface area contributed by atoms with Crippen LogP contribution in [0.1, 0.15) is 25.3 Å². The Kier molecular flexibility index (Phi) is 9.59. The van der Waals surface area contributed by atoms with Crippen molar-refractivity contribution in [3.8, 4) is 5.75 Å². The first-order valence-electron chi connectivity index (χ1n) is 11.0. The summed E-state index contributed by atoms with van der Waals surface area (Å²) in [5, 5.41) is 11.8. The van der Waals surface area contributed by atoms with Crippen LogP contribution in [0.2, 0.25) is 0 Å². The van der Waals surface area contributed by atoms with E-state index in [1.54, 1.807) is 12.1 Å². The summed E-state index contributed by atoms with van der Waals surface area (Å²) in [5.41, 5.74) is 1.32. The zero-order valence-corrected chi connectivity index (χ0v) is 19.5. The standard InChI is InChI=1S/C24H30N4O4S/c1-2-32-20-11-7-6-10-19(20)27-23(31)16-33-24-26-18(15-22(30)28-24)14-21(29)25-13-12-17-8-4-3-5-9-17/h3-11,18,24,26H,2,12-16H2,1H3,(H,25,29)(H,27,31)(H,28,30). The van der Waals surface area contributed by atoms with Crippen molar-refractivity contribution in [2.45, 2.75) is 37.7 Å². The average Bonchev–Trinajstić information content (AvgIpc) is 2.79. The predicted octanol–water partition coefficient (Wildman–Crippen LogP) is 2.27. The van der Waals surface area contributed by atoms with Crippen molar-refractivity contribution in [2.75, 3.05) is 24.2 Å². The van der Waals surface area contributed by atoms with Gasteiger partial charge in [-0.25, -0.2) is 0 Å². The predicted molar refractivity (Wildman–Crippen MR) is 130 cm³/mol. The summed E-state index contributed by atoms with van der Waals surface area (Å²) in [7, 11) is 0. The van der Waals surface area contributed by atoms with Crippen molar-refractivity contribution >= 4 is 35.2 Å². The Balaban J connectivity index is 1.41. The molecule has 4 N–H and O–H groups in total. The lowest BCUT2D eigenvalue weighted by Crippen LogP contribution is -2.56.